The van der Waals surface area contributed by atoms with Gasteiger partial charge in [-0.3, -0.25) is 14.6 Å². The van der Waals surface area contributed by atoms with Crippen LogP contribution in [0, 0.1) is 5.92 Å². The number of aromatic nitrogens is 2. The van der Waals surface area contributed by atoms with E-state index in [1.54, 1.807) is 12.5 Å². The number of nitrogens with zero attached hydrogens (tertiary/aromatic N) is 2. The molecule has 0 bridgehead atoms. The van der Waals surface area contributed by atoms with Crippen LogP contribution in [0.15, 0.2) is 29.3 Å². The average Bonchev–Trinajstić information content (AvgIpc) is 3.06. The van der Waals surface area contributed by atoms with E-state index in [4.69, 9.17) is 0 Å². The number of hydrogen-bond donors (Lipinski definition) is 3. The second-order valence-corrected chi connectivity index (χ2v) is 5.99. The summed E-state index contributed by atoms with van der Waals surface area (Å²) < 4.78 is 0. The highest BCUT2D eigenvalue weighted by molar-refractivity contribution is 5.97. The van der Waals surface area contributed by atoms with E-state index in [0.29, 0.717) is 18.8 Å². The first-order valence-electron chi connectivity index (χ1n) is 7.97. The third-order valence-corrected chi connectivity index (χ3v) is 4.29. The van der Waals surface area contributed by atoms with Crippen LogP contribution in [0.1, 0.15) is 31.9 Å². The lowest BCUT2D eigenvalue weighted by Crippen LogP contribution is -2.62. The third-order valence-electron chi connectivity index (χ3n) is 4.29. The molecule has 122 valence electrons. The first kappa shape index (κ1) is 15.5. The predicted molar refractivity (Wildman–Crippen MR) is 85.7 cm³/mol. The van der Waals surface area contributed by atoms with Crippen molar-refractivity contribution in [1.82, 2.24) is 20.6 Å². The first-order valence-corrected chi connectivity index (χ1v) is 7.97. The van der Waals surface area contributed by atoms with Crippen molar-refractivity contribution in [2.24, 2.45) is 10.9 Å². The molecule has 1 aromatic heterocycles. The molecule has 3 atom stereocenters. The Labute approximate surface area is 134 Å². The molecule has 3 heterocycles. The maximum Gasteiger partial charge on any atom is 0.243 e. The van der Waals surface area contributed by atoms with Crippen LogP contribution in [0.4, 0.5) is 0 Å². The van der Waals surface area contributed by atoms with Crippen molar-refractivity contribution in [3.05, 3.63) is 30.0 Å². The highest BCUT2D eigenvalue weighted by Crippen LogP contribution is 2.19. The van der Waals surface area contributed by atoms with Crippen molar-refractivity contribution >= 4 is 18.0 Å². The van der Waals surface area contributed by atoms with E-state index in [9.17, 15) is 9.59 Å². The smallest absolute Gasteiger partial charge is 0.243 e. The van der Waals surface area contributed by atoms with Crippen molar-refractivity contribution in [2.45, 2.75) is 44.7 Å². The molecule has 2 aliphatic rings. The summed E-state index contributed by atoms with van der Waals surface area (Å²) >= 11 is 0. The summed E-state index contributed by atoms with van der Waals surface area (Å²) in [6.45, 7) is 2.13. The largest absolute Gasteiger partial charge is 0.348 e. The van der Waals surface area contributed by atoms with Gasteiger partial charge in [0.05, 0.1) is 6.33 Å². The molecule has 3 N–H and O–H groups in total. The van der Waals surface area contributed by atoms with Crippen molar-refractivity contribution in [1.29, 1.82) is 0 Å². The van der Waals surface area contributed by atoms with E-state index in [2.05, 4.69) is 38.6 Å². The topological polar surface area (TPSA) is 99.2 Å². The van der Waals surface area contributed by atoms with Crippen molar-refractivity contribution in [3.8, 4) is 0 Å². The van der Waals surface area contributed by atoms with E-state index >= 15 is 0 Å². The molecular weight excluding hydrogens is 294 g/mol. The molecule has 7 nitrogen and oxygen atoms in total. The Morgan fingerprint density at radius 1 is 1.17 bits per heavy atom. The molecule has 0 saturated carbocycles. The highest BCUT2D eigenvalue weighted by atomic mass is 16.2. The lowest BCUT2D eigenvalue weighted by Gasteiger charge is -2.29. The minimum absolute atomic E-state index is 0.164. The van der Waals surface area contributed by atoms with Gasteiger partial charge in [-0.05, 0) is 18.8 Å². The number of H-pyrrole nitrogens is 1. The summed E-state index contributed by atoms with van der Waals surface area (Å²) in [7, 11) is 0. The fourth-order valence-electron chi connectivity index (χ4n) is 2.80. The molecule has 2 aliphatic heterocycles. The Morgan fingerprint density at radius 3 is 2.48 bits per heavy atom. The number of nitrogens with one attached hydrogen (secondary N) is 3. The molecule has 1 saturated heterocycles. The molecule has 3 unspecified atom stereocenters. The van der Waals surface area contributed by atoms with Crippen LogP contribution >= 0.6 is 0 Å². The fraction of sp³-hybridized carbons (Fsp3) is 0.500. The van der Waals surface area contributed by atoms with E-state index in [1.807, 2.05) is 6.21 Å². The van der Waals surface area contributed by atoms with Gasteiger partial charge < -0.3 is 15.6 Å². The van der Waals surface area contributed by atoms with Crippen LogP contribution < -0.4 is 10.6 Å². The number of amides is 2. The van der Waals surface area contributed by atoms with Crippen molar-refractivity contribution < 1.29 is 9.59 Å². The number of aromatic amines is 1. The second kappa shape index (κ2) is 6.76. The summed E-state index contributed by atoms with van der Waals surface area (Å²) in [4.78, 5) is 35.7. The minimum atomic E-state index is -0.562. The summed E-state index contributed by atoms with van der Waals surface area (Å²) in [6, 6.07) is -1.12. The number of rotatable bonds is 5. The molecule has 0 radical (unpaired) electrons. The molecule has 2 amide bonds. The SMILES string of the molecule is CCC1C=NC(CC2NC(=O)C(Cc3cnc[nH]3)NC2=O)=CC1. The Hall–Kier alpha value is -2.44. The molecule has 1 aromatic rings. The van der Waals surface area contributed by atoms with Crippen LogP contribution in [-0.2, 0) is 16.0 Å². The molecular formula is C16H21N5O2. The minimum Gasteiger partial charge on any atom is -0.348 e. The predicted octanol–water partition coefficient (Wildman–Crippen LogP) is 0.710. The number of carbonyl (C=O) groups is 2. The number of hydrogen-bond acceptors (Lipinski definition) is 4. The van der Waals surface area contributed by atoms with Gasteiger partial charge in [0.2, 0.25) is 11.8 Å². The van der Waals surface area contributed by atoms with Crippen molar-refractivity contribution in [2.75, 3.05) is 0 Å². The second-order valence-electron chi connectivity index (χ2n) is 5.99. The molecule has 3 rings (SSSR count). The van der Waals surface area contributed by atoms with Gasteiger partial charge in [0.1, 0.15) is 12.1 Å². The van der Waals surface area contributed by atoms with E-state index in [-0.39, 0.29) is 11.8 Å². The maximum absolute atomic E-state index is 12.2. The highest BCUT2D eigenvalue weighted by Gasteiger charge is 2.34. The lowest BCUT2D eigenvalue weighted by molar-refractivity contribution is -0.136. The van der Waals surface area contributed by atoms with Crippen LogP contribution in [-0.4, -0.2) is 40.1 Å². The van der Waals surface area contributed by atoms with Crippen LogP contribution in [0.25, 0.3) is 0 Å². The molecule has 7 heteroatoms. The molecule has 0 spiro atoms. The van der Waals surface area contributed by atoms with Gasteiger partial charge >= 0.3 is 0 Å². The van der Waals surface area contributed by atoms with Gasteiger partial charge in [0.15, 0.2) is 0 Å². The zero-order chi connectivity index (χ0) is 16.2. The Kier molecular flexibility index (Phi) is 4.55. The van der Waals surface area contributed by atoms with Gasteiger partial charge in [-0.2, -0.15) is 0 Å². The number of carbonyl (C=O) groups excluding carboxylic acids is 2. The lowest BCUT2D eigenvalue weighted by atomic mass is 9.98. The summed E-state index contributed by atoms with van der Waals surface area (Å²) in [6.07, 6.45) is 10.0. The van der Waals surface area contributed by atoms with Gasteiger partial charge in [0.25, 0.3) is 0 Å². The van der Waals surface area contributed by atoms with Gasteiger partial charge in [-0.1, -0.05) is 13.0 Å². The third kappa shape index (κ3) is 3.67. The van der Waals surface area contributed by atoms with Crippen LogP contribution in [0.2, 0.25) is 0 Å². The van der Waals surface area contributed by atoms with Gasteiger partial charge in [0, 0.05) is 36.6 Å². The van der Waals surface area contributed by atoms with Gasteiger partial charge in [-0.25, -0.2) is 4.98 Å². The van der Waals surface area contributed by atoms with E-state index in [1.165, 1.54) is 0 Å². The first-order chi connectivity index (χ1) is 11.2. The molecule has 23 heavy (non-hydrogen) atoms. The van der Waals surface area contributed by atoms with Crippen molar-refractivity contribution in [3.63, 3.8) is 0 Å². The molecule has 0 aliphatic carbocycles. The average molecular weight is 315 g/mol. The molecule has 1 fully saturated rings. The fourth-order valence-corrected chi connectivity index (χ4v) is 2.80. The van der Waals surface area contributed by atoms with E-state index < -0.39 is 12.1 Å². The normalized spacial score (nSPS) is 27.3. The summed E-state index contributed by atoms with van der Waals surface area (Å²) in [5.74, 6) is 0.145. The number of aliphatic imine (C=N–C) groups is 1. The number of imidazole rings is 1. The monoisotopic (exact) mass is 315 g/mol. The zero-order valence-corrected chi connectivity index (χ0v) is 13.1. The quantitative estimate of drug-likeness (QED) is 0.746. The Bertz CT molecular complexity index is 635. The van der Waals surface area contributed by atoms with E-state index in [0.717, 1.165) is 24.2 Å². The maximum atomic E-state index is 12.2. The number of allylic oxidation sites excluding steroid dienone is 1. The summed E-state index contributed by atoms with van der Waals surface area (Å²) in [5, 5.41) is 5.59. The Balaban J connectivity index is 1.57. The molecule has 0 aromatic carbocycles. The van der Waals surface area contributed by atoms with Gasteiger partial charge in [-0.15, -0.1) is 0 Å². The number of piperazine rings is 1. The van der Waals surface area contributed by atoms with Crippen LogP contribution in [0.3, 0.4) is 0 Å². The standard InChI is InChI=1S/C16H21N5O2/c1-2-10-3-4-11(18-7-10)5-13-15(22)21-14(16(23)20-13)6-12-8-17-9-19-12/h4,7-10,13-14H,2-3,5-6H2,1H3,(H,17,19)(H,20,23)(H,21,22). The van der Waals surface area contributed by atoms with Crippen LogP contribution in [0.5, 0.6) is 0 Å². The summed E-state index contributed by atoms with van der Waals surface area (Å²) in [5.41, 5.74) is 1.68. The Morgan fingerprint density at radius 2 is 1.91 bits per heavy atom. The zero-order valence-electron chi connectivity index (χ0n) is 13.1.